The minimum atomic E-state index is -0.825. The summed E-state index contributed by atoms with van der Waals surface area (Å²) in [7, 11) is 2.23. The molecule has 0 spiro atoms. The van der Waals surface area contributed by atoms with E-state index in [9.17, 15) is 8.78 Å². The van der Waals surface area contributed by atoms with E-state index >= 15 is 0 Å². The third-order valence-electron chi connectivity index (χ3n) is 6.74. The molecule has 1 aromatic carbocycles. The first kappa shape index (κ1) is 30.1. The molecule has 4 rings (SSSR count). The van der Waals surface area contributed by atoms with Crippen LogP contribution in [0.2, 0.25) is 0 Å². The molecule has 2 aliphatic heterocycles. The van der Waals surface area contributed by atoms with Crippen LogP contribution in [0.1, 0.15) is 58.2 Å². The lowest BCUT2D eigenvalue weighted by Crippen LogP contribution is -2.25. The molecule has 37 heavy (non-hydrogen) atoms. The van der Waals surface area contributed by atoms with E-state index < -0.39 is 11.6 Å². The summed E-state index contributed by atoms with van der Waals surface area (Å²) in [6, 6.07) is 7.62. The summed E-state index contributed by atoms with van der Waals surface area (Å²) in [5.41, 5.74) is 1.28. The van der Waals surface area contributed by atoms with Crippen LogP contribution in [-0.4, -0.2) is 63.1 Å². The van der Waals surface area contributed by atoms with Crippen molar-refractivity contribution in [2.24, 2.45) is 11.8 Å². The van der Waals surface area contributed by atoms with Crippen LogP contribution >= 0.6 is 23.9 Å². The highest BCUT2D eigenvalue weighted by Gasteiger charge is 2.50. The second kappa shape index (κ2) is 14.6. The molecule has 3 heterocycles. The van der Waals surface area contributed by atoms with Gasteiger partial charge in [0.15, 0.2) is 16.8 Å². The van der Waals surface area contributed by atoms with Gasteiger partial charge in [-0.15, -0.1) is 0 Å². The molecule has 2 N–H and O–H groups in total. The molecule has 206 valence electrons. The number of aliphatic hydroxyl groups is 1. The number of nitrogens with one attached hydrogen (secondary N) is 1. The van der Waals surface area contributed by atoms with E-state index in [1.807, 2.05) is 19.9 Å². The Kier molecular flexibility index (Phi) is 11.9. The summed E-state index contributed by atoms with van der Waals surface area (Å²) in [4.78, 5) is 11.7. The number of hydrogen-bond donors (Lipinski definition) is 2. The van der Waals surface area contributed by atoms with Gasteiger partial charge in [0.05, 0.1) is 0 Å². The zero-order valence-electron chi connectivity index (χ0n) is 22.6. The number of fused-ring (bicyclic) bond motifs is 1. The second-order valence-electron chi connectivity index (χ2n) is 10.1. The van der Waals surface area contributed by atoms with Crippen molar-refractivity contribution < 1.29 is 13.9 Å². The van der Waals surface area contributed by atoms with Crippen LogP contribution in [0.3, 0.4) is 0 Å². The molecular formula is C27H41F2N5OS2. The number of aromatic nitrogens is 2. The lowest BCUT2D eigenvalue weighted by molar-refractivity contribution is 0.248. The topological polar surface area (TPSA) is 64.3 Å². The Morgan fingerprint density at radius 2 is 1.97 bits per heavy atom. The number of nitrogens with zero attached hydrogens (tertiary/aromatic N) is 4. The zero-order chi connectivity index (χ0) is 26.9. The fourth-order valence-corrected chi connectivity index (χ4v) is 6.11. The lowest BCUT2D eigenvalue weighted by atomic mass is 9.97. The Morgan fingerprint density at radius 1 is 1.22 bits per heavy atom. The zero-order valence-corrected chi connectivity index (χ0v) is 24.2. The number of likely N-dealkylation sites (N-methyl/N-ethyl adjacent to an activating group) is 1. The summed E-state index contributed by atoms with van der Waals surface area (Å²) in [6.45, 7) is 10.8. The fraction of sp³-hybridized carbons (Fsp3) is 0.630. The SMILES string of the molecule is CC(C)CO.CCCc1cc(NSN2CCC(CC)C3C(C2)N3C)nc(SCc2cccc(F)c2F)n1. The van der Waals surface area contributed by atoms with Gasteiger partial charge >= 0.3 is 0 Å². The van der Waals surface area contributed by atoms with E-state index in [4.69, 9.17) is 5.11 Å². The first-order valence-electron chi connectivity index (χ1n) is 13.2. The van der Waals surface area contributed by atoms with Gasteiger partial charge in [0.2, 0.25) is 0 Å². The third-order valence-corrected chi connectivity index (χ3v) is 8.53. The molecule has 2 aliphatic rings. The predicted molar refractivity (Wildman–Crippen MR) is 150 cm³/mol. The predicted octanol–water partition coefficient (Wildman–Crippen LogP) is 6.02. The molecule has 0 radical (unpaired) electrons. The Balaban J connectivity index is 0.000000695. The fourth-order valence-electron chi connectivity index (χ4n) is 4.51. The van der Waals surface area contributed by atoms with E-state index in [1.165, 1.54) is 30.7 Å². The van der Waals surface area contributed by atoms with Gasteiger partial charge in [0.25, 0.3) is 0 Å². The van der Waals surface area contributed by atoms with E-state index in [-0.39, 0.29) is 5.75 Å². The van der Waals surface area contributed by atoms with Gasteiger partial charge in [0.1, 0.15) is 5.82 Å². The van der Waals surface area contributed by atoms with E-state index in [0.717, 1.165) is 55.5 Å². The maximum atomic E-state index is 14.0. The molecule has 0 aliphatic carbocycles. The first-order valence-corrected chi connectivity index (χ1v) is 15.0. The largest absolute Gasteiger partial charge is 0.396 e. The number of thioether (sulfide) groups is 1. The molecule has 0 saturated carbocycles. The molecule has 2 saturated heterocycles. The number of anilines is 1. The van der Waals surface area contributed by atoms with Crippen molar-refractivity contribution in [2.45, 2.75) is 76.4 Å². The molecule has 0 amide bonds. The van der Waals surface area contributed by atoms with Crippen molar-refractivity contribution in [2.75, 3.05) is 31.5 Å². The summed E-state index contributed by atoms with van der Waals surface area (Å²) in [5.74, 6) is 0.633. The van der Waals surface area contributed by atoms with Crippen molar-refractivity contribution in [1.82, 2.24) is 19.2 Å². The number of benzene rings is 1. The number of rotatable bonds is 10. The van der Waals surface area contributed by atoms with Crippen LogP contribution in [0.5, 0.6) is 0 Å². The van der Waals surface area contributed by atoms with Gasteiger partial charge in [-0.25, -0.2) is 23.1 Å². The van der Waals surface area contributed by atoms with Crippen molar-refractivity contribution >= 4 is 29.7 Å². The maximum absolute atomic E-state index is 14.0. The minimum Gasteiger partial charge on any atom is -0.396 e. The van der Waals surface area contributed by atoms with Crippen molar-refractivity contribution in [3.05, 3.63) is 47.2 Å². The molecule has 0 bridgehead atoms. The molecule has 4 unspecified atom stereocenters. The van der Waals surface area contributed by atoms with Gasteiger partial charge in [0, 0.05) is 67.0 Å². The van der Waals surface area contributed by atoms with Gasteiger partial charge in [-0.1, -0.05) is 64.4 Å². The van der Waals surface area contributed by atoms with E-state index in [2.05, 4.69) is 44.8 Å². The Hall–Kier alpha value is -1.46. The average Bonchev–Trinajstić information content (AvgIpc) is 3.56. The number of halogens is 2. The van der Waals surface area contributed by atoms with Gasteiger partial charge < -0.3 is 9.83 Å². The highest BCUT2D eigenvalue weighted by molar-refractivity contribution is 7.98. The standard InChI is InChI=1S/C23H31F2N5S2.C4H10O/c1-4-7-17-12-20(27-23(26-17)31-14-16-8-6-9-18(24)21(16)25)28-32-30-11-10-15(5-2)22-19(13-30)29(22)3;1-4(2)3-5/h6,8-9,12,15,19,22H,4-5,7,10-11,13-14H2,1-3H3,(H,26,27,28);4-5H,3H2,1-2H3. The highest BCUT2D eigenvalue weighted by atomic mass is 32.2. The summed E-state index contributed by atoms with van der Waals surface area (Å²) < 4.78 is 33.3. The van der Waals surface area contributed by atoms with E-state index in [0.29, 0.717) is 29.3 Å². The minimum absolute atomic E-state index is 0.283. The third kappa shape index (κ3) is 8.78. The summed E-state index contributed by atoms with van der Waals surface area (Å²) >= 11 is 2.94. The van der Waals surface area contributed by atoms with Gasteiger partial charge in [-0.2, -0.15) is 0 Å². The number of hydrogen-bond acceptors (Lipinski definition) is 8. The molecule has 2 aromatic rings. The van der Waals surface area contributed by atoms with Crippen LogP contribution in [0.15, 0.2) is 29.4 Å². The Bertz CT molecular complexity index is 999. The highest BCUT2D eigenvalue weighted by Crippen LogP contribution is 2.40. The van der Waals surface area contributed by atoms with Crippen LogP contribution < -0.4 is 4.72 Å². The lowest BCUT2D eigenvalue weighted by Gasteiger charge is -2.21. The summed E-state index contributed by atoms with van der Waals surface area (Å²) in [5, 5.41) is 8.72. The molecular weight excluding hydrogens is 512 g/mol. The first-order chi connectivity index (χ1) is 17.8. The van der Waals surface area contributed by atoms with E-state index in [1.54, 1.807) is 18.2 Å². The van der Waals surface area contributed by atoms with Crippen molar-refractivity contribution in [3.63, 3.8) is 0 Å². The molecule has 4 atom stereocenters. The average molecular weight is 554 g/mol. The number of aliphatic hydroxyl groups excluding tert-OH is 1. The van der Waals surface area contributed by atoms with Gasteiger partial charge in [-0.3, -0.25) is 4.90 Å². The quantitative estimate of drug-likeness (QED) is 0.160. The molecule has 1 aromatic heterocycles. The molecule has 10 heteroatoms. The Morgan fingerprint density at radius 3 is 2.65 bits per heavy atom. The molecule has 2 fully saturated rings. The maximum Gasteiger partial charge on any atom is 0.190 e. The second-order valence-corrected chi connectivity index (χ2v) is 12.0. The van der Waals surface area contributed by atoms with Crippen LogP contribution in [0.25, 0.3) is 0 Å². The van der Waals surface area contributed by atoms with Crippen LogP contribution in [0.4, 0.5) is 14.6 Å². The van der Waals surface area contributed by atoms with Crippen molar-refractivity contribution in [3.8, 4) is 0 Å². The monoisotopic (exact) mass is 553 g/mol. The smallest absolute Gasteiger partial charge is 0.190 e. The van der Waals surface area contributed by atoms with Gasteiger partial charge in [-0.05, 0) is 37.8 Å². The van der Waals surface area contributed by atoms with Crippen molar-refractivity contribution in [1.29, 1.82) is 0 Å². The molecule has 6 nitrogen and oxygen atoms in total. The summed E-state index contributed by atoms with van der Waals surface area (Å²) in [6.07, 6.45) is 4.27. The van der Waals surface area contributed by atoms with Crippen LogP contribution in [-0.2, 0) is 12.2 Å². The van der Waals surface area contributed by atoms with Crippen LogP contribution in [0, 0.1) is 23.5 Å². The Labute approximate surface area is 229 Å². The number of aryl methyl sites for hydroxylation is 1. The normalized spacial score (nSPS) is 23.2.